The first-order valence-electron chi connectivity index (χ1n) is 2.01. The Bertz CT molecular complexity index is 175. The smallest absolute Gasteiger partial charge is 0.148 e. The number of halogens is 1. The summed E-state index contributed by atoms with van der Waals surface area (Å²) in [4.78, 5) is 0. The van der Waals surface area contributed by atoms with Crippen LogP contribution < -0.4 is 0 Å². The van der Waals surface area contributed by atoms with E-state index in [2.05, 4.69) is 26.2 Å². The van der Waals surface area contributed by atoms with E-state index >= 15 is 0 Å². The fraction of sp³-hybridized carbons (Fsp3) is 0.333. The molecule has 0 atom stereocenters. The summed E-state index contributed by atoms with van der Waals surface area (Å²) in [5, 5.41) is 19.3. The minimum Gasteiger partial charge on any atom is -0.254 e. The van der Waals surface area contributed by atoms with Crippen LogP contribution in [0.4, 0.5) is 0 Å². The van der Waals surface area contributed by atoms with Crippen molar-refractivity contribution in [3.05, 3.63) is 10.8 Å². The first-order chi connectivity index (χ1) is 4.29. The minimum absolute atomic E-state index is 0.773. The summed E-state index contributed by atoms with van der Waals surface area (Å²) in [5.74, 6) is 0. The topological polar surface area (TPSA) is 78.3 Å². The van der Waals surface area contributed by atoms with E-state index in [9.17, 15) is 0 Å². The van der Waals surface area contributed by atoms with Gasteiger partial charge in [-0.1, -0.05) is 5.21 Å². The van der Waals surface area contributed by atoms with Crippen molar-refractivity contribution in [2.24, 2.45) is 7.05 Å². The van der Waals surface area contributed by atoms with Gasteiger partial charge in [0.1, 0.15) is 4.60 Å². The molecule has 0 N–H and O–H groups in total. The lowest BCUT2D eigenvalue weighted by molar-refractivity contribution is 0.714. The summed E-state index contributed by atoms with van der Waals surface area (Å²) >= 11 is 3.14. The Morgan fingerprint density at radius 2 is 2.22 bits per heavy atom. The second-order valence-electron chi connectivity index (χ2n) is 1.21. The van der Waals surface area contributed by atoms with Crippen LogP contribution in [0.25, 0.3) is 0 Å². The first-order valence-corrected chi connectivity index (χ1v) is 2.80. The van der Waals surface area contributed by atoms with Gasteiger partial charge >= 0.3 is 0 Å². The van der Waals surface area contributed by atoms with Crippen molar-refractivity contribution in [3.8, 4) is 0 Å². The molecule has 0 fully saturated rings. The molecule has 0 aromatic carbocycles. The Kier molecular flexibility index (Phi) is 3.55. The van der Waals surface area contributed by atoms with Gasteiger partial charge in [0.2, 0.25) is 0 Å². The third kappa shape index (κ3) is 2.77. The maximum Gasteiger partial charge on any atom is 0.148 e. The van der Waals surface area contributed by atoms with E-state index in [4.69, 9.17) is 10.8 Å². The minimum atomic E-state index is 0.773. The lowest BCUT2D eigenvalue weighted by Gasteiger charge is -1.74. The average Bonchev–Trinajstić information content (AvgIpc) is 2.20. The Balaban J connectivity index is 0.000000291. The highest BCUT2D eigenvalue weighted by Crippen LogP contribution is 1.98. The van der Waals surface area contributed by atoms with E-state index in [1.54, 1.807) is 10.9 Å². The molecule has 1 rings (SSSR count). The quantitative estimate of drug-likeness (QED) is 0.561. The third-order valence-electron chi connectivity index (χ3n) is 0.575. The number of nitrogens with zero attached hydrogens (tertiary/aromatic N) is 5. The molecular weight excluding hydrogens is 186 g/mol. The molecule has 0 saturated carbocycles. The van der Waals surface area contributed by atoms with Crippen LogP contribution in [-0.2, 0) is 7.05 Å². The molecule has 5 nitrogen and oxygen atoms in total. The highest BCUT2D eigenvalue weighted by Gasteiger charge is 1.86. The summed E-state index contributed by atoms with van der Waals surface area (Å²) in [6.45, 7) is 0. The van der Waals surface area contributed by atoms with Crippen LogP contribution in [0.2, 0.25) is 0 Å². The molecule has 0 aliphatic rings. The Labute approximate surface area is 60.2 Å². The van der Waals surface area contributed by atoms with Crippen LogP contribution in [-0.4, -0.2) is 15.0 Å². The monoisotopic (exact) mass is 189 g/mol. The van der Waals surface area contributed by atoms with Gasteiger partial charge < -0.3 is 0 Å². The summed E-state index contributed by atoms with van der Waals surface area (Å²) in [6, 6.07) is 0. The highest BCUT2D eigenvalue weighted by molar-refractivity contribution is 9.10. The van der Waals surface area contributed by atoms with Gasteiger partial charge in [0.15, 0.2) is 0 Å². The zero-order chi connectivity index (χ0) is 7.28. The van der Waals surface area contributed by atoms with E-state index < -0.39 is 0 Å². The van der Waals surface area contributed by atoms with Crippen molar-refractivity contribution in [1.82, 2.24) is 15.0 Å². The summed E-state index contributed by atoms with van der Waals surface area (Å²) in [6.07, 6.45) is 1.78. The maximum atomic E-state index is 6.00. The molecule has 0 amide bonds. The Morgan fingerprint density at radius 1 is 1.67 bits per heavy atom. The van der Waals surface area contributed by atoms with Crippen molar-refractivity contribution < 1.29 is 0 Å². The van der Waals surface area contributed by atoms with E-state index in [1.807, 2.05) is 7.05 Å². The number of aromatic nitrogens is 3. The molecule has 9 heavy (non-hydrogen) atoms. The number of rotatable bonds is 0. The van der Waals surface area contributed by atoms with Crippen molar-refractivity contribution in [3.63, 3.8) is 0 Å². The van der Waals surface area contributed by atoms with Crippen LogP contribution in [0.3, 0.4) is 0 Å². The van der Waals surface area contributed by atoms with Crippen LogP contribution in [0.1, 0.15) is 0 Å². The molecule has 0 aliphatic heterocycles. The molecule has 0 aliphatic carbocycles. The molecule has 6 heteroatoms. The Morgan fingerprint density at radius 3 is 2.33 bits per heavy atom. The molecule has 1 heterocycles. The number of hydrogen-bond donors (Lipinski definition) is 0. The second-order valence-corrected chi connectivity index (χ2v) is 2.03. The molecule has 1 aromatic rings. The largest absolute Gasteiger partial charge is 0.254 e. The molecule has 0 unspecified atom stereocenters. The summed E-state index contributed by atoms with van der Waals surface area (Å²) < 4.78 is 2.40. The van der Waals surface area contributed by atoms with Crippen LogP contribution >= 0.6 is 15.9 Å². The fourth-order valence-electron chi connectivity index (χ4n) is 0.319. The van der Waals surface area contributed by atoms with Gasteiger partial charge in [-0.15, -0.1) is 5.10 Å². The van der Waals surface area contributed by atoms with Gasteiger partial charge in [0.05, 0.1) is 6.20 Å². The summed E-state index contributed by atoms with van der Waals surface area (Å²) in [7, 11) is 1.82. The predicted molar refractivity (Wildman–Crippen MR) is 32.2 cm³/mol. The molecule has 0 radical (unpaired) electrons. The fourth-order valence-corrected chi connectivity index (χ4v) is 0.686. The molecule has 48 valence electrons. The standard InChI is InChI=1S/C3H4BrN3.N2/c1-7-2-3(4)5-6-7;1-2/h2H,1H3;. The summed E-state index contributed by atoms with van der Waals surface area (Å²) in [5.41, 5.74) is 0. The normalized spacial score (nSPS) is 7.56. The number of hydrogen-bond acceptors (Lipinski definition) is 4. The molecule has 0 saturated heterocycles. The molecule has 0 spiro atoms. The van der Waals surface area contributed by atoms with Gasteiger partial charge in [-0.05, 0) is 15.9 Å². The number of aryl methyl sites for hydroxylation is 1. The van der Waals surface area contributed by atoms with Gasteiger partial charge in [-0.25, -0.2) is 0 Å². The van der Waals surface area contributed by atoms with Crippen molar-refractivity contribution in [1.29, 1.82) is 10.8 Å². The molecular formula is C3H4BrN5. The first kappa shape index (κ1) is 8.04. The van der Waals surface area contributed by atoms with Crippen LogP contribution in [0, 0.1) is 10.8 Å². The molecule has 0 bridgehead atoms. The lowest BCUT2D eigenvalue weighted by atomic mass is 10.9. The SMILES string of the molecule is Cn1cc(Br)nn1.N#N. The van der Waals surface area contributed by atoms with E-state index in [0.29, 0.717) is 0 Å². The zero-order valence-electron chi connectivity index (χ0n) is 4.69. The predicted octanol–water partition coefficient (Wildman–Crippen LogP) is 0.608. The van der Waals surface area contributed by atoms with Crippen molar-refractivity contribution >= 4 is 15.9 Å². The van der Waals surface area contributed by atoms with Gasteiger partial charge in [0, 0.05) is 17.8 Å². The van der Waals surface area contributed by atoms with Crippen LogP contribution in [0.15, 0.2) is 10.8 Å². The Hall–Kier alpha value is -0.960. The average molecular weight is 190 g/mol. The van der Waals surface area contributed by atoms with Gasteiger partial charge in [0.25, 0.3) is 0 Å². The maximum absolute atomic E-state index is 6.00. The molecule has 1 aromatic heterocycles. The van der Waals surface area contributed by atoms with Gasteiger partial charge in [-0.2, -0.15) is 0 Å². The zero-order valence-corrected chi connectivity index (χ0v) is 6.28. The highest BCUT2D eigenvalue weighted by atomic mass is 79.9. The van der Waals surface area contributed by atoms with E-state index in [1.165, 1.54) is 0 Å². The van der Waals surface area contributed by atoms with E-state index in [0.717, 1.165) is 4.60 Å². The second kappa shape index (κ2) is 3.97. The van der Waals surface area contributed by atoms with Crippen LogP contribution in [0.5, 0.6) is 0 Å². The van der Waals surface area contributed by atoms with Crippen molar-refractivity contribution in [2.45, 2.75) is 0 Å². The lowest BCUT2D eigenvalue weighted by Crippen LogP contribution is -1.85. The van der Waals surface area contributed by atoms with E-state index in [-0.39, 0.29) is 0 Å². The third-order valence-corrected chi connectivity index (χ3v) is 0.938. The van der Waals surface area contributed by atoms with Crippen molar-refractivity contribution in [2.75, 3.05) is 0 Å². The van der Waals surface area contributed by atoms with Gasteiger partial charge in [-0.3, -0.25) is 4.68 Å².